The molecule has 1 aromatic heterocycles. The highest BCUT2D eigenvalue weighted by Gasteiger charge is 2.14. The molecule has 0 saturated heterocycles. The number of carbonyl (C=O) groups excluding carboxylic acids is 1. The maximum Gasteiger partial charge on any atom is 0.185 e. The molecular weight excluding hydrogens is 267 g/mol. The average Bonchev–Trinajstić information content (AvgIpc) is 2.81. The van der Waals surface area contributed by atoms with E-state index in [4.69, 9.17) is 11.6 Å². The number of Topliss-reactive ketones (excluding diaryl/α,β-unsaturated/α-hetero) is 1. The van der Waals surface area contributed by atoms with E-state index in [1.807, 2.05) is 6.92 Å². The summed E-state index contributed by atoms with van der Waals surface area (Å²) in [6.07, 6.45) is 2.66. The molecule has 3 nitrogen and oxygen atoms in total. The summed E-state index contributed by atoms with van der Waals surface area (Å²) in [5.41, 5.74) is 1.18. The molecule has 19 heavy (non-hydrogen) atoms. The van der Waals surface area contributed by atoms with Crippen molar-refractivity contribution in [3.63, 3.8) is 0 Å². The maximum absolute atomic E-state index is 12.9. The molecule has 2 rings (SSSR count). The van der Waals surface area contributed by atoms with Crippen molar-refractivity contribution in [1.29, 1.82) is 0 Å². The number of nitrogens with zero attached hydrogens (tertiary/aromatic N) is 2. The van der Waals surface area contributed by atoms with E-state index < -0.39 is 5.82 Å². The van der Waals surface area contributed by atoms with Gasteiger partial charge in [0.1, 0.15) is 11.5 Å². The van der Waals surface area contributed by atoms with Crippen LogP contribution in [0.25, 0.3) is 0 Å². The monoisotopic (exact) mass is 280 g/mol. The number of rotatable bonds is 5. The zero-order chi connectivity index (χ0) is 13.8. The lowest BCUT2D eigenvalue weighted by Gasteiger charge is -2.06. The van der Waals surface area contributed by atoms with Crippen molar-refractivity contribution < 1.29 is 9.18 Å². The molecule has 0 aliphatic heterocycles. The van der Waals surface area contributed by atoms with E-state index in [1.165, 1.54) is 18.2 Å². The van der Waals surface area contributed by atoms with Crippen LogP contribution in [0.3, 0.4) is 0 Å². The van der Waals surface area contributed by atoms with E-state index >= 15 is 0 Å². The van der Waals surface area contributed by atoms with Crippen LogP contribution in [-0.4, -0.2) is 15.6 Å². The van der Waals surface area contributed by atoms with Gasteiger partial charge in [0.15, 0.2) is 5.78 Å². The van der Waals surface area contributed by atoms with E-state index in [9.17, 15) is 9.18 Å². The van der Waals surface area contributed by atoms with Crippen LogP contribution in [0.1, 0.15) is 29.4 Å². The summed E-state index contributed by atoms with van der Waals surface area (Å²) in [6.45, 7) is 2.72. The Morgan fingerprint density at radius 3 is 2.89 bits per heavy atom. The number of halogens is 2. The van der Waals surface area contributed by atoms with Crippen molar-refractivity contribution >= 4 is 17.4 Å². The molecule has 0 amide bonds. The van der Waals surface area contributed by atoms with Crippen molar-refractivity contribution in [1.82, 2.24) is 9.78 Å². The SMILES string of the molecule is CCCn1nccc1C(=O)Cc1ccc(F)cc1Cl. The second-order valence-corrected chi connectivity index (χ2v) is 4.68. The third-order valence-electron chi connectivity index (χ3n) is 2.80. The molecule has 5 heteroatoms. The summed E-state index contributed by atoms with van der Waals surface area (Å²) in [5.74, 6) is -0.475. The molecule has 0 atom stereocenters. The second-order valence-electron chi connectivity index (χ2n) is 4.28. The highest BCUT2D eigenvalue weighted by molar-refractivity contribution is 6.31. The molecule has 0 saturated carbocycles. The van der Waals surface area contributed by atoms with Gasteiger partial charge in [0.2, 0.25) is 0 Å². The number of aryl methyl sites for hydroxylation is 1. The number of ketones is 1. The summed E-state index contributed by atoms with van der Waals surface area (Å²) >= 11 is 5.92. The van der Waals surface area contributed by atoms with Crippen molar-refractivity contribution in [3.8, 4) is 0 Å². The zero-order valence-corrected chi connectivity index (χ0v) is 11.3. The summed E-state index contributed by atoms with van der Waals surface area (Å²) in [7, 11) is 0. The third-order valence-corrected chi connectivity index (χ3v) is 3.16. The molecule has 2 aromatic rings. The van der Waals surface area contributed by atoms with Gasteiger partial charge in [0.05, 0.1) is 0 Å². The lowest BCUT2D eigenvalue weighted by atomic mass is 10.1. The van der Waals surface area contributed by atoms with Gasteiger partial charge in [-0.3, -0.25) is 9.48 Å². The Kier molecular flexibility index (Phi) is 4.32. The molecule has 0 unspecified atom stereocenters. The smallest absolute Gasteiger partial charge is 0.185 e. The minimum absolute atomic E-state index is 0.0699. The molecule has 0 spiro atoms. The minimum atomic E-state index is -0.405. The molecule has 1 heterocycles. The highest BCUT2D eigenvalue weighted by Crippen LogP contribution is 2.19. The first-order valence-corrected chi connectivity index (χ1v) is 6.48. The first kappa shape index (κ1) is 13.7. The highest BCUT2D eigenvalue weighted by atomic mass is 35.5. The van der Waals surface area contributed by atoms with Crippen LogP contribution in [0.15, 0.2) is 30.5 Å². The first-order chi connectivity index (χ1) is 9.11. The Balaban J connectivity index is 2.18. The Labute approximate surface area is 116 Å². The topological polar surface area (TPSA) is 34.9 Å². The lowest BCUT2D eigenvalue weighted by molar-refractivity contribution is 0.0982. The van der Waals surface area contributed by atoms with Gasteiger partial charge in [-0.1, -0.05) is 24.6 Å². The quantitative estimate of drug-likeness (QED) is 0.786. The van der Waals surface area contributed by atoms with Gasteiger partial charge in [-0.05, 0) is 30.2 Å². The third kappa shape index (κ3) is 3.20. The number of hydrogen-bond donors (Lipinski definition) is 0. The van der Waals surface area contributed by atoms with Crippen LogP contribution in [0.5, 0.6) is 0 Å². The first-order valence-electron chi connectivity index (χ1n) is 6.10. The van der Waals surface area contributed by atoms with Gasteiger partial charge in [-0.15, -0.1) is 0 Å². The summed E-state index contributed by atoms with van der Waals surface area (Å²) < 4.78 is 14.6. The van der Waals surface area contributed by atoms with Crippen molar-refractivity contribution in [3.05, 3.63) is 52.6 Å². The van der Waals surface area contributed by atoms with E-state index in [-0.39, 0.29) is 17.2 Å². The summed E-state index contributed by atoms with van der Waals surface area (Å²) in [4.78, 5) is 12.2. The van der Waals surface area contributed by atoms with Gasteiger partial charge < -0.3 is 0 Å². The largest absolute Gasteiger partial charge is 0.292 e. The molecule has 0 N–H and O–H groups in total. The van der Waals surface area contributed by atoms with Gasteiger partial charge in [0.25, 0.3) is 0 Å². The van der Waals surface area contributed by atoms with Gasteiger partial charge in [-0.2, -0.15) is 5.10 Å². The molecule has 0 radical (unpaired) electrons. The second kappa shape index (κ2) is 5.97. The van der Waals surface area contributed by atoms with Crippen LogP contribution in [0.2, 0.25) is 5.02 Å². The number of benzene rings is 1. The fourth-order valence-corrected chi connectivity index (χ4v) is 2.12. The van der Waals surface area contributed by atoms with Crippen LogP contribution in [0.4, 0.5) is 4.39 Å². The van der Waals surface area contributed by atoms with Crippen LogP contribution >= 0.6 is 11.6 Å². The average molecular weight is 281 g/mol. The Hall–Kier alpha value is -1.68. The fourth-order valence-electron chi connectivity index (χ4n) is 1.89. The summed E-state index contributed by atoms with van der Waals surface area (Å²) in [6, 6.07) is 5.75. The van der Waals surface area contributed by atoms with Gasteiger partial charge >= 0.3 is 0 Å². The van der Waals surface area contributed by atoms with Crippen molar-refractivity contribution in [2.45, 2.75) is 26.3 Å². The molecule has 0 aliphatic carbocycles. The molecule has 1 aromatic carbocycles. The Bertz CT molecular complexity index is 595. The summed E-state index contributed by atoms with van der Waals surface area (Å²) in [5, 5.41) is 4.38. The van der Waals surface area contributed by atoms with Crippen LogP contribution in [-0.2, 0) is 13.0 Å². The molecular formula is C14H14ClFN2O. The zero-order valence-electron chi connectivity index (χ0n) is 10.6. The van der Waals surface area contributed by atoms with Crippen molar-refractivity contribution in [2.75, 3.05) is 0 Å². The van der Waals surface area contributed by atoms with E-state index in [0.29, 0.717) is 17.8 Å². The molecule has 0 aliphatic rings. The molecule has 100 valence electrons. The van der Waals surface area contributed by atoms with E-state index in [1.54, 1.807) is 16.9 Å². The van der Waals surface area contributed by atoms with Crippen LogP contribution < -0.4 is 0 Å². The fraction of sp³-hybridized carbons (Fsp3) is 0.286. The number of carbonyl (C=O) groups is 1. The molecule has 0 bridgehead atoms. The number of hydrogen-bond acceptors (Lipinski definition) is 2. The van der Waals surface area contributed by atoms with E-state index in [0.717, 1.165) is 6.42 Å². The normalized spacial score (nSPS) is 10.7. The Morgan fingerprint density at radius 1 is 1.42 bits per heavy atom. The lowest BCUT2D eigenvalue weighted by Crippen LogP contribution is -2.12. The van der Waals surface area contributed by atoms with Crippen LogP contribution in [0, 0.1) is 5.82 Å². The van der Waals surface area contributed by atoms with Gasteiger partial charge in [-0.25, -0.2) is 4.39 Å². The Morgan fingerprint density at radius 2 is 2.21 bits per heavy atom. The maximum atomic E-state index is 12.9. The molecule has 0 fully saturated rings. The van der Waals surface area contributed by atoms with Gasteiger partial charge in [0, 0.05) is 24.2 Å². The minimum Gasteiger partial charge on any atom is -0.292 e. The van der Waals surface area contributed by atoms with Crippen molar-refractivity contribution in [2.24, 2.45) is 0 Å². The number of aromatic nitrogens is 2. The standard InChI is InChI=1S/C14H14ClFN2O/c1-2-7-18-13(5-6-17-18)14(19)8-10-3-4-11(16)9-12(10)15/h3-6,9H,2,7-8H2,1H3. The predicted octanol–water partition coefficient (Wildman–Crippen LogP) is 3.51. The van der Waals surface area contributed by atoms with E-state index in [2.05, 4.69) is 5.10 Å². The predicted molar refractivity (Wildman–Crippen MR) is 72.0 cm³/mol.